The van der Waals surface area contributed by atoms with E-state index in [4.69, 9.17) is 15.3 Å². The van der Waals surface area contributed by atoms with Gasteiger partial charge in [0.05, 0.1) is 19.3 Å². The maximum Gasteiger partial charge on any atom is 0.352 e. The first kappa shape index (κ1) is 16.6. The van der Waals surface area contributed by atoms with E-state index in [1.165, 1.54) is 10.8 Å². The number of aliphatic hydroxyl groups excluding tert-OH is 2. The predicted molar refractivity (Wildman–Crippen MR) is 70.0 cm³/mol. The van der Waals surface area contributed by atoms with Gasteiger partial charge in [0.2, 0.25) is 10.0 Å². The van der Waals surface area contributed by atoms with Crippen molar-refractivity contribution >= 4 is 16.0 Å². The Balaban J connectivity index is 3.12. The van der Waals surface area contributed by atoms with Crippen LogP contribution in [0.15, 0.2) is 17.2 Å². The second-order valence-electron chi connectivity index (χ2n) is 4.24. The normalized spacial score (nSPS) is 12.0. The Kier molecular flexibility index (Phi) is 5.69. The summed E-state index contributed by atoms with van der Waals surface area (Å²) in [4.78, 5) is 10.8. The molecule has 0 unspecified atom stereocenters. The number of aliphatic hydroxyl groups is 2. The molecule has 0 saturated heterocycles. The van der Waals surface area contributed by atoms with Crippen LogP contribution >= 0.6 is 0 Å². The minimum Gasteiger partial charge on any atom is -0.477 e. The lowest BCUT2D eigenvalue weighted by Crippen LogP contribution is -2.39. The number of carboxylic acids is 1. The van der Waals surface area contributed by atoms with Gasteiger partial charge in [-0.05, 0) is 12.5 Å². The van der Waals surface area contributed by atoms with Crippen molar-refractivity contribution in [2.45, 2.75) is 30.8 Å². The van der Waals surface area contributed by atoms with Crippen molar-refractivity contribution in [2.75, 3.05) is 13.2 Å². The molecule has 0 aliphatic carbocycles. The van der Waals surface area contributed by atoms with Crippen molar-refractivity contribution in [1.82, 2.24) is 9.29 Å². The van der Waals surface area contributed by atoms with Gasteiger partial charge in [-0.2, -0.15) is 0 Å². The van der Waals surface area contributed by atoms with Gasteiger partial charge in [-0.15, -0.1) is 0 Å². The first-order valence-corrected chi connectivity index (χ1v) is 7.51. The summed E-state index contributed by atoms with van der Waals surface area (Å²) < 4.78 is 27.5. The van der Waals surface area contributed by atoms with Crippen LogP contribution in [-0.4, -0.2) is 53.5 Å². The number of rotatable bonds is 8. The Morgan fingerprint density at radius 3 is 2.45 bits per heavy atom. The molecule has 0 amide bonds. The number of nitrogens with zero attached hydrogens (tertiary/aromatic N) is 1. The maximum atomic E-state index is 12.0. The summed E-state index contributed by atoms with van der Waals surface area (Å²) in [6.45, 7) is 1.10. The number of hydrogen-bond donors (Lipinski definition) is 4. The summed E-state index contributed by atoms with van der Waals surface area (Å²) in [5.41, 5.74) is -0.128. The standard InChI is InChI=1S/C11H18N2O6S/c1-2-3-13-5-9(4-10(13)11(16)17)20(18,19)12-8(6-14)7-15/h4-5,8,12,14-15H,2-3,6-7H2,1H3,(H,16,17). The van der Waals surface area contributed by atoms with Crippen molar-refractivity contribution in [3.05, 3.63) is 18.0 Å². The minimum absolute atomic E-state index is 0.128. The van der Waals surface area contributed by atoms with Crippen LogP contribution < -0.4 is 4.72 Å². The van der Waals surface area contributed by atoms with Gasteiger partial charge in [-0.3, -0.25) is 0 Å². The van der Waals surface area contributed by atoms with Crippen molar-refractivity contribution < 1.29 is 28.5 Å². The molecular weight excluding hydrogens is 288 g/mol. The molecule has 0 bridgehead atoms. The molecule has 0 radical (unpaired) electrons. The van der Waals surface area contributed by atoms with E-state index in [0.29, 0.717) is 13.0 Å². The first-order chi connectivity index (χ1) is 9.35. The fourth-order valence-electron chi connectivity index (χ4n) is 1.66. The predicted octanol–water partition coefficient (Wildman–Crippen LogP) is -0.772. The third-order valence-corrected chi connectivity index (χ3v) is 4.12. The fraction of sp³-hybridized carbons (Fsp3) is 0.545. The zero-order chi connectivity index (χ0) is 15.3. The summed E-state index contributed by atoms with van der Waals surface area (Å²) in [6.07, 6.45) is 1.87. The van der Waals surface area contributed by atoms with E-state index < -0.39 is 35.2 Å². The minimum atomic E-state index is -3.99. The summed E-state index contributed by atoms with van der Waals surface area (Å²) in [5, 5.41) is 26.8. The van der Waals surface area contributed by atoms with E-state index in [0.717, 1.165) is 6.07 Å². The quantitative estimate of drug-likeness (QED) is 0.499. The highest BCUT2D eigenvalue weighted by atomic mass is 32.2. The molecule has 0 spiro atoms. The highest BCUT2D eigenvalue weighted by Crippen LogP contribution is 2.15. The second-order valence-corrected chi connectivity index (χ2v) is 5.96. The van der Waals surface area contributed by atoms with Crippen LogP contribution in [-0.2, 0) is 16.6 Å². The van der Waals surface area contributed by atoms with Crippen LogP contribution in [0.25, 0.3) is 0 Å². The van der Waals surface area contributed by atoms with Crippen LogP contribution in [0.4, 0.5) is 0 Å². The average molecular weight is 306 g/mol. The zero-order valence-corrected chi connectivity index (χ0v) is 11.8. The van der Waals surface area contributed by atoms with E-state index in [1.54, 1.807) is 0 Å². The molecule has 1 aromatic rings. The van der Waals surface area contributed by atoms with Gasteiger partial charge in [0.25, 0.3) is 0 Å². The largest absolute Gasteiger partial charge is 0.477 e. The van der Waals surface area contributed by atoms with E-state index in [9.17, 15) is 13.2 Å². The van der Waals surface area contributed by atoms with Gasteiger partial charge in [-0.1, -0.05) is 6.92 Å². The summed E-state index contributed by atoms with van der Waals surface area (Å²) in [5.74, 6) is -1.22. The summed E-state index contributed by atoms with van der Waals surface area (Å²) >= 11 is 0. The Labute approximate surface area is 116 Å². The molecule has 0 atom stereocenters. The Morgan fingerprint density at radius 2 is 2.00 bits per heavy atom. The Bertz CT molecular complexity index is 561. The van der Waals surface area contributed by atoms with E-state index in [2.05, 4.69) is 4.72 Å². The third kappa shape index (κ3) is 3.79. The molecule has 0 fully saturated rings. The molecular formula is C11H18N2O6S. The number of aryl methyl sites for hydroxylation is 1. The molecule has 0 saturated carbocycles. The zero-order valence-electron chi connectivity index (χ0n) is 11.0. The van der Waals surface area contributed by atoms with Gasteiger partial charge in [-0.25, -0.2) is 17.9 Å². The van der Waals surface area contributed by atoms with Crippen LogP contribution in [0.5, 0.6) is 0 Å². The van der Waals surface area contributed by atoms with Gasteiger partial charge in [0.1, 0.15) is 10.6 Å². The van der Waals surface area contributed by atoms with Crippen LogP contribution in [0.2, 0.25) is 0 Å². The molecule has 4 N–H and O–H groups in total. The summed E-state index contributed by atoms with van der Waals surface area (Å²) in [6, 6.07) is 0.0226. The van der Waals surface area contributed by atoms with Crippen LogP contribution in [0, 0.1) is 0 Å². The monoisotopic (exact) mass is 306 g/mol. The number of carbonyl (C=O) groups is 1. The lowest BCUT2D eigenvalue weighted by Gasteiger charge is -2.12. The van der Waals surface area contributed by atoms with Crippen molar-refractivity contribution in [2.24, 2.45) is 0 Å². The summed E-state index contributed by atoms with van der Waals surface area (Å²) in [7, 11) is -3.99. The molecule has 20 heavy (non-hydrogen) atoms. The van der Waals surface area contributed by atoms with E-state index in [-0.39, 0.29) is 10.6 Å². The smallest absolute Gasteiger partial charge is 0.352 e. The molecule has 1 rings (SSSR count). The highest BCUT2D eigenvalue weighted by Gasteiger charge is 2.23. The van der Waals surface area contributed by atoms with Crippen molar-refractivity contribution in [1.29, 1.82) is 0 Å². The third-order valence-electron chi connectivity index (χ3n) is 2.63. The number of aromatic nitrogens is 1. The SMILES string of the molecule is CCCn1cc(S(=O)(=O)NC(CO)CO)cc1C(=O)O. The second kappa shape index (κ2) is 6.84. The van der Waals surface area contributed by atoms with E-state index in [1.807, 2.05) is 6.92 Å². The number of hydrogen-bond acceptors (Lipinski definition) is 5. The number of carboxylic acid groups (broad SMARTS) is 1. The van der Waals surface area contributed by atoms with Crippen molar-refractivity contribution in [3.8, 4) is 0 Å². The van der Waals surface area contributed by atoms with Crippen LogP contribution in [0.1, 0.15) is 23.8 Å². The topological polar surface area (TPSA) is 129 Å². The first-order valence-electron chi connectivity index (χ1n) is 6.03. The van der Waals surface area contributed by atoms with Gasteiger partial charge < -0.3 is 19.9 Å². The highest BCUT2D eigenvalue weighted by molar-refractivity contribution is 7.89. The van der Waals surface area contributed by atoms with Crippen LogP contribution in [0.3, 0.4) is 0 Å². The molecule has 0 aliphatic heterocycles. The molecule has 1 heterocycles. The lowest BCUT2D eigenvalue weighted by molar-refractivity contribution is 0.0685. The van der Waals surface area contributed by atoms with Crippen molar-refractivity contribution in [3.63, 3.8) is 0 Å². The fourth-order valence-corrected chi connectivity index (χ4v) is 2.91. The average Bonchev–Trinajstić information content (AvgIpc) is 2.81. The van der Waals surface area contributed by atoms with E-state index >= 15 is 0 Å². The maximum absolute atomic E-state index is 12.0. The molecule has 114 valence electrons. The molecule has 8 nitrogen and oxygen atoms in total. The van der Waals surface area contributed by atoms with Gasteiger partial charge in [0, 0.05) is 12.7 Å². The Morgan fingerprint density at radius 1 is 1.40 bits per heavy atom. The number of sulfonamides is 1. The molecule has 1 aromatic heterocycles. The number of nitrogens with one attached hydrogen (secondary N) is 1. The molecule has 0 aromatic carbocycles. The Hall–Kier alpha value is -1.42. The van der Waals surface area contributed by atoms with Gasteiger partial charge in [0.15, 0.2) is 0 Å². The molecule has 0 aliphatic rings. The van der Waals surface area contributed by atoms with Gasteiger partial charge >= 0.3 is 5.97 Å². The molecule has 9 heteroatoms. The lowest BCUT2D eigenvalue weighted by atomic mass is 10.4. The number of aromatic carboxylic acids is 1.